The molecule has 6 nitrogen and oxygen atoms in total. The number of hydrogen-bond acceptors (Lipinski definition) is 6. The van der Waals surface area contributed by atoms with Crippen LogP contribution in [0.25, 0.3) is 6.08 Å². The minimum Gasteiger partial charge on any atom is -0.507 e. The molecule has 1 atom stereocenters. The van der Waals surface area contributed by atoms with Crippen molar-refractivity contribution < 1.29 is 30.0 Å². The Hall–Kier alpha value is -2.83. The second-order valence-corrected chi connectivity index (χ2v) is 7.28. The minimum absolute atomic E-state index is 0.00931. The molecule has 0 aliphatic carbocycles. The number of ether oxygens (including phenoxy) is 1. The predicted octanol–water partition coefficient (Wildman–Crippen LogP) is 2.99. The average molecular weight is 386 g/mol. The van der Waals surface area contributed by atoms with Crippen molar-refractivity contribution in [1.82, 2.24) is 0 Å². The standard InChI is InChI=1S/C22H26O6/c1-13-5-7-14(8-6-13)9-10-16(23)20-18(28-4)12-17(24)15(21(20)26)11-19(25)22(2,3)27/h5-10,12,19,24-27H,11H2,1-4H3/b10-9+/t19-/m0/s1. The summed E-state index contributed by atoms with van der Waals surface area (Å²) in [5.74, 6) is -1.33. The highest BCUT2D eigenvalue weighted by molar-refractivity contribution is 6.11. The van der Waals surface area contributed by atoms with Crippen LogP contribution in [0.1, 0.15) is 40.9 Å². The van der Waals surface area contributed by atoms with E-state index in [1.54, 1.807) is 6.08 Å². The molecule has 6 heteroatoms. The third-order valence-corrected chi connectivity index (χ3v) is 4.53. The summed E-state index contributed by atoms with van der Waals surface area (Å²) in [6, 6.07) is 8.76. The fourth-order valence-electron chi connectivity index (χ4n) is 2.65. The van der Waals surface area contributed by atoms with Crippen LogP contribution >= 0.6 is 0 Å². The van der Waals surface area contributed by atoms with Crippen molar-refractivity contribution in [3.05, 3.63) is 58.7 Å². The number of aliphatic hydroxyl groups is 2. The van der Waals surface area contributed by atoms with E-state index in [-0.39, 0.29) is 29.0 Å². The van der Waals surface area contributed by atoms with Crippen LogP contribution in [0.5, 0.6) is 17.2 Å². The van der Waals surface area contributed by atoms with Gasteiger partial charge in [-0.2, -0.15) is 0 Å². The lowest BCUT2D eigenvalue weighted by molar-refractivity contribution is -0.0473. The second-order valence-electron chi connectivity index (χ2n) is 7.28. The Bertz CT molecular complexity index is 875. The lowest BCUT2D eigenvalue weighted by Gasteiger charge is -2.25. The number of methoxy groups -OCH3 is 1. The lowest BCUT2D eigenvalue weighted by atomic mass is 9.92. The first-order valence-corrected chi connectivity index (χ1v) is 8.86. The van der Waals surface area contributed by atoms with E-state index in [4.69, 9.17) is 4.74 Å². The van der Waals surface area contributed by atoms with Gasteiger partial charge in [0.2, 0.25) is 0 Å². The molecule has 0 saturated heterocycles. The van der Waals surface area contributed by atoms with Crippen molar-refractivity contribution in [3.8, 4) is 17.2 Å². The molecule has 0 amide bonds. The van der Waals surface area contributed by atoms with Crippen LogP contribution in [-0.4, -0.2) is 45.0 Å². The Kier molecular flexibility index (Phi) is 6.48. The van der Waals surface area contributed by atoms with Crippen LogP contribution < -0.4 is 4.74 Å². The number of ketones is 1. The van der Waals surface area contributed by atoms with Crippen LogP contribution in [0.4, 0.5) is 0 Å². The third kappa shape index (κ3) is 4.91. The van der Waals surface area contributed by atoms with Crippen molar-refractivity contribution in [2.24, 2.45) is 0 Å². The number of carbonyl (C=O) groups is 1. The highest BCUT2D eigenvalue weighted by atomic mass is 16.5. The van der Waals surface area contributed by atoms with Gasteiger partial charge in [0.1, 0.15) is 22.8 Å². The molecule has 2 aromatic rings. The minimum atomic E-state index is -1.45. The molecule has 0 spiro atoms. The van der Waals surface area contributed by atoms with Crippen molar-refractivity contribution >= 4 is 11.9 Å². The molecule has 150 valence electrons. The van der Waals surface area contributed by atoms with Crippen LogP contribution in [0.15, 0.2) is 36.4 Å². The van der Waals surface area contributed by atoms with Crippen LogP contribution in [0.3, 0.4) is 0 Å². The zero-order valence-corrected chi connectivity index (χ0v) is 16.4. The summed E-state index contributed by atoms with van der Waals surface area (Å²) in [6.07, 6.45) is 1.41. The van der Waals surface area contributed by atoms with Gasteiger partial charge in [-0.05, 0) is 32.4 Å². The first kappa shape index (κ1) is 21.5. The van der Waals surface area contributed by atoms with Crippen molar-refractivity contribution in [2.75, 3.05) is 7.11 Å². The molecule has 0 fully saturated rings. The second kappa shape index (κ2) is 8.46. The molecular weight excluding hydrogens is 360 g/mol. The van der Waals surface area contributed by atoms with Gasteiger partial charge in [0, 0.05) is 18.1 Å². The van der Waals surface area contributed by atoms with E-state index in [1.807, 2.05) is 31.2 Å². The van der Waals surface area contributed by atoms with Gasteiger partial charge in [0.15, 0.2) is 5.78 Å². The zero-order chi connectivity index (χ0) is 21.1. The summed E-state index contributed by atoms with van der Waals surface area (Å²) in [4.78, 5) is 12.7. The van der Waals surface area contributed by atoms with E-state index < -0.39 is 23.2 Å². The van der Waals surface area contributed by atoms with Crippen molar-refractivity contribution in [3.63, 3.8) is 0 Å². The van der Waals surface area contributed by atoms with E-state index in [0.717, 1.165) is 11.1 Å². The number of hydrogen-bond donors (Lipinski definition) is 4. The lowest BCUT2D eigenvalue weighted by Crippen LogP contribution is -2.37. The monoisotopic (exact) mass is 386 g/mol. The summed E-state index contributed by atoms with van der Waals surface area (Å²) >= 11 is 0. The number of aliphatic hydroxyl groups excluding tert-OH is 1. The van der Waals surface area contributed by atoms with E-state index in [9.17, 15) is 25.2 Å². The van der Waals surface area contributed by atoms with Crippen LogP contribution in [0.2, 0.25) is 0 Å². The maximum atomic E-state index is 12.7. The normalized spacial score (nSPS) is 12.9. The maximum absolute atomic E-state index is 12.7. The van der Waals surface area contributed by atoms with Crippen molar-refractivity contribution in [1.29, 1.82) is 0 Å². The van der Waals surface area contributed by atoms with E-state index >= 15 is 0 Å². The Morgan fingerprint density at radius 3 is 2.36 bits per heavy atom. The SMILES string of the molecule is COc1cc(O)c(C[C@H](O)C(C)(C)O)c(O)c1C(=O)/C=C/c1ccc(C)cc1. The molecule has 0 aliphatic heterocycles. The quantitative estimate of drug-likeness (QED) is 0.430. The number of allylic oxidation sites excluding steroid dienone is 1. The smallest absolute Gasteiger partial charge is 0.193 e. The average Bonchev–Trinajstić information content (AvgIpc) is 2.62. The third-order valence-electron chi connectivity index (χ3n) is 4.53. The Labute approximate surface area is 164 Å². The number of phenols is 2. The van der Waals surface area contributed by atoms with Gasteiger partial charge in [-0.25, -0.2) is 0 Å². The molecule has 2 rings (SSSR count). The fraction of sp³-hybridized carbons (Fsp3) is 0.318. The molecule has 0 heterocycles. The molecule has 0 radical (unpaired) electrons. The van der Waals surface area contributed by atoms with Gasteiger partial charge in [-0.15, -0.1) is 0 Å². The largest absolute Gasteiger partial charge is 0.507 e. The first-order valence-electron chi connectivity index (χ1n) is 8.86. The van der Waals surface area contributed by atoms with E-state index in [2.05, 4.69) is 0 Å². The number of aromatic hydroxyl groups is 2. The van der Waals surface area contributed by atoms with Crippen LogP contribution in [0, 0.1) is 6.92 Å². The summed E-state index contributed by atoms with van der Waals surface area (Å²) in [7, 11) is 1.32. The Morgan fingerprint density at radius 2 is 1.82 bits per heavy atom. The molecule has 0 aliphatic rings. The van der Waals surface area contributed by atoms with Crippen LogP contribution in [-0.2, 0) is 6.42 Å². The van der Waals surface area contributed by atoms with E-state index in [1.165, 1.54) is 33.1 Å². The first-order chi connectivity index (χ1) is 13.0. The van der Waals surface area contributed by atoms with Gasteiger partial charge in [0.05, 0.1) is 18.8 Å². The number of benzene rings is 2. The summed E-state index contributed by atoms with van der Waals surface area (Å²) in [5, 5.41) is 40.8. The number of rotatable bonds is 7. The number of phenolic OH excluding ortho intramolecular Hbond substituents is 2. The summed E-state index contributed by atoms with van der Waals surface area (Å²) < 4.78 is 5.14. The topological polar surface area (TPSA) is 107 Å². The van der Waals surface area contributed by atoms with Crippen molar-refractivity contribution in [2.45, 2.75) is 38.9 Å². The summed E-state index contributed by atoms with van der Waals surface area (Å²) in [6.45, 7) is 4.78. The van der Waals surface area contributed by atoms with Gasteiger partial charge < -0.3 is 25.2 Å². The Balaban J connectivity index is 2.42. The Morgan fingerprint density at radius 1 is 1.21 bits per heavy atom. The van der Waals surface area contributed by atoms with Gasteiger partial charge in [0.25, 0.3) is 0 Å². The van der Waals surface area contributed by atoms with Gasteiger partial charge in [-0.3, -0.25) is 4.79 Å². The highest BCUT2D eigenvalue weighted by Gasteiger charge is 2.29. The summed E-state index contributed by atoms with van der Waals surface area (Å²) in [5.41, 5.74) is 0.295. The molecule has 2 aromatic carbocycles. The van der Waals surface area contributed by atoms with E-state index in [0.29, 0.717) is 0 Å². The molecule has 0 bridgehead atoms. The molecular formula is C22H26O6. The highest BCUT2D eigenvalue weighted by Crippen LogP contribution is 2.39. The number of carbonyl (C=O) groups excluding carboxylic acids is 1. The van der Waals surface area contributed by atoms with Gasteiger partial charge >= 0.3 is 0 Å². The maximum Gasteiger partial charge on any atom is 0.193 e. The molecule has 0 saturated carbocycles. The molecule has 0 unspecified atom stereocenters. The molecule has 4 N–H and O–H groups in total. The van der Waals surface area contributed by atoms with Gasteiger partial charge in [-0.1, -0.05) is 35.9 Å². The predicted molar refractivity (Wildman–Crippen MR) is 107 cm³/mol. The molecule has 28 heavy (non-hydrogen) atoms. The molecule has 0 aromatic heterocycles. The zero-order valence-electron chi connectivity index (χ0n) is 16.4. The number of aryl methyl sites for hydroxylation is 1. The fourth-order valence-corrected chi connectivity index (χ4v) is 2.65.